The minimum atomic E-state index is -3.36. The molecule has 1 fully saturated rings. The van der Waals surface area contributed by atoms with E-state index in [2.05, 4.69) is 18.8 Å². The number of hydrogen-bond donors (Lipinski definition) is 1. The Labute approximate surface area is 121 Å². The van der Waals surface area contributed by atoms with Crippen LogP contribution in [0.1, 0.15) is 25.3 Å². The Balaban J connectivity index is 2.18. The predicted octanol–water partition coefficient (Wildman–Crippen LogP) is 1.42. The fraction of sp³-hybridized carbons (Fsp3) is 0.467. The van der Waals surface area contributed by atoms with Gasteiger partial charge >= 0.3 is 0 Å². The minimum Gasteiger partial charge on any atom is -0.320 e. The van der Waals surface area contributed by atoms with Crippen LogP contribution in [0.4, 0.5) is 0 Å². The van der Waals surface area contributed by atoms with Gasteiger partial charge in [-0.3, -0.25) is 0 Å². The van der Waals surface area contributed by atoms with Crippen molar-refractivity contribution in [2.45, 2.75) is 24.7 Å². The van der Waals surface area contributed by atoms with E-state index in [0.717, 1.165) is 18.4 Å². The molecule has 1 aromatic carbocycles. The maximum Gasteiger partial charge on any atom is 0.243 e. The van der Waals surface area contributed by atoms with Gasteiger partial charge in [-0.15, -0.1) is 0 Å². The number of benzene rings is 1. The smallest absolute Gasteiger partial charge is 0.243 e. The Hall–Kier alpha value is -1.35. The second-order valence-corrected chi connectivity index (χ2v) is 6.89. The lowest BCUT2D eigenvalue weighted by atomic mass is 10.1. The van der Waals surface area contributed by atoms with E-state index in [4.69, 9.17) is 5.73 Å². The van der Waals surface area contributed by atoms with Crippen molar-refractivity contribution < 1.29 is 8.42 Å². The third kappa shape index (κ3) is 3.21. The van der Waals surface area contributed by atoms with Crippen LogP contribution in [-0.2, 0) is 10.0 Å². The highest BCUT2D eigenvalue weighted by molar-refractivity contribution is 7.89. The van der Waals surface area contributed by atoms with Crippen LogP contribution in [-0.4, -0.2) is 32.4 Å². The van der Waals surface area contributed by atoms with E-state index in [0.29, 0.717) is 30.4 Å². The van der Waals surface area contributed by atoms with E-state index >= 15 is 0 Å². The highest BCUT2D eigenvalue weighted by Crippen LogP contribution is 2.25. The van der Waals surface area contributed by atoms with Crippen molar-refractivity contribution in [2.24, 2.45) is 11.7 Å². The summed E-state index contributed by atoms with van der Waals surface area (Å²) in [5.41, 5.74) is 6.09. The van der Waals surface area contributed by atoms with Crippen molar-refractivity contribution >= 4 is 10.0 Å². The van der Waals surface area contributed by atoms with Gasteiger partial charge in [0.2, 0.25) is 10.0 Å². The highest BCUT2D eigenvalue weighted by atomic mass is 32.2. The molecule has 1 unspecified atom stereocenters. The van der Waals surface area contributed by atoms with Crippen molar-refractivity contribution in [2.75, 3.05) is 19.6 Å². The number of sulfonamides is 1. The van der Waals surface area contributed by atoms with Gasteiger partial charge in [-0.1, -0.05) is 25.2 Å². The summed E-state index contributed by atoms with van der Waals surface area (Å²) in [6, 6.07) is 6.69. The fourth-order valence-corrected chi connectivity index (χ4v) is 3.89. The van der Waals surface area contributed by atoms with Crippen LogP contribution >= 0.6 is 0 Å². The van der Waals surface area contributed by atoms with Gasteiger partial charge in [0.15, 0.2) is 0 Å². The first-order valence-electron chi connectivity index (χ1n) is 6.87. The van der Waals surface area contributed by atoms with Gasteiger partial charge in [0.1, 0.15) is 0 Å². The fourth-order valence-electron chi connectivity index (χ4n) is 2.36. The molecule has 1 atom stereocenters. The van der Waals surface area contributed by atoms with Crippen LogP contribution in [0.15, 0.2) is 29.2 Å². The van der Waals surface area contributed by atoms with Gasteiger partial charge < -0.3 is 5.73 Å². The number of rotatable bonds is 3. The molecule has 2 rings (SSSR count). The zero-order valence-electron chi connectivity index (χ0n) is 11.7. The zero-order valence-corrected chi connectivity index (χ0v) is 12.5. The molecule has 0 aromatic heterocycles. The summed E-state index contributed by atoms with van der Waals surface area (Å²) in [4.78, 5) is 0.340. The number of nitrogens with zero attached hydrogens (tertiary/aromatic N) is 1. The largest absolute Gasteiger partial charge is 0.320 e. The van der Waals surface area contributed by atoms with Crippen LogP contribution in [0, 0.1) is 17.8 Å². The standard InChI is InChI=1S/C15H20N2O2S/c1-2-13-9-11-17(12-13)20(18,19)15-7-5-14(6-8-15)4-3-10-16/h5-8,13H,2,9-12,16H2,1H3. The molecule has 1 aliphatic heterocycles. The third-order valence-corrected chi connectivity index (χ3v) is 5.53. The summed E-state index contributed by atoms with van der Waals surface area (Å²) in [6.07, 6.45) is 1.98. The molecule has 5 heteroatoms. The number of hydrogen-bond acceptors (Lipinski definition) is 3. The van der Waals surface area contributed by atoms with E-state index in [-0.39, 0.29) is 0 Å². The molecule has 1 heterocycles. The van der Waals surface area contributed by atoms with Crippen molar-refractivity contribution in [3.05, 3.63) is 29.8 Å². The van der Waals surface area contributed by atoms with E-state index in [1.54, 1.807) is 28.6 Å². The van der Waals surface area contributed by atoms with Crippen molar-refractivity contribution in [3.8, 4) is 11.8 Å². The molecular weight excluding hydrogens is 272 g/mol. The molecule has 108 valence electrons. The molecule has 20 heavy (non-hydrogen) atoms. The molecule has 1 aliphatic rings. The van der Waals surface area contributed by atoms with Crippen molar-refractivity contribution in [1.82, 2.24) is 4.31 Å². The maximum absolute atomic E-state index is 12.5. The highest BCUT2D eigenvalue weighted by Gasteiger charge is 2.31. The lowest BCUT2D eigenvalue weighted by Crippen LogP contribution is -2.28. The van der Waals surface area contributed by atoms with Crippen LogP contribution in [0.2, 0.25) is 0 Å². The molecule has 0 saturated carbocycles. The predicted molar refractivity (Wildman–Crippen MR) is 79.5 cm³/mol. The van der Waals surface area contributed by atoms with Crippen molar-refractivity contribution in [1.29, 1.82) is 0 Å². The second-order valence-electron chi connectivity index (χ2n) is 4.96. The molecule has 0 spiro atoms. The topological polar surface area (TPSA) is 63.4 Å². The summed E-state index contributed by atoms with van der Waals surface area (Å²) in [5, 5.41) is 0. The van der Waals surface area contributed by atoms with Gasteiger partial charge in [0.05, 0.1) is 11.4 Å². The molecule has 2 N–H and O–H groups in total. The first-order chi connectivity index (χ1) is 9.57. The van der Waals surface area contributed by atoms with E-state index in [1.807, 2.05) is 0 Å². The molecule has 1 aromatic rings. The molecule has 0 radical (unpaired) electrons. The summed E-state index contributed by atoms with van der Waals surface area (Å²) >= 11 is 0. The third-order valence-electron chi connectivity index (χ3n) is 3.65. The Morgan fingerprint density at radius 1 is 1.35 bits per heavy atom. The van der Waals surface area contributed by atoms with Crippen LogP contribution in [0.25, 0.3) is 0 Å². The Morgan fingerprint density at radius 2 is 2.05 bits per heavy atom. The maximum atomic E-state index is 12.5. The second kappa shape index (κ2) is 6.40. The number of nitrogens with two attached hydrogens (primary N) is 1. The molecule has 1 saturated heterocycles. The average molecular weight is 292 g/mol. The Kier molecular flexibility index (Phi) is 4.81. The van der Waals surface area contributed by atoms with Crippen LogP contribution in [0.5, 0.6) is 0 Å². The van der Waals surface area contributed by atoms with E-state index in [1.165, 1.54) is 0 Å². The van der Waals surface area contributed by atoms with E-state index < -0.39 is 10.0 Å². The SMILES string of the molecule is CCC1CCN(S(=O)(=O)c2ccc(C#CCN)cc2)C1. The van der Waals surface area contributed by atoms with Crippen LogP contribution in [0.3, 0.4) is 0 Å². The molecule has 4 nitrogen and oxygen atoms in total. The Morgan fingerprint density at radius 3 is 2.60 bits per heavy atom. The quantitative estimate of drug-likeness (QED) is 0.857. The molecule has 0 bridgehead atoms. The first kappa shape index (κ1) is 15.0. The lowest BCUT2D eigenvalue weighted by Gasteiger charge is -2.16. The normalized spacial score (nSPS) is 19.6. The first-order valence-corrected chi connectivity index (χ1v) is 8.31. The molecular formula is C15H20N2O2S. The van der Waals surface area contributed by atoms with Gasteiger partial charge in [0, 0.05) is 18.7 Å². The lowest BCUT2D eigenvalue weighted by molar-refractivity contribution is 0.453. The van der Waals surface area contributed by atoms with Gasteiger partial charge in [-0.25, -0.2) is 8.42 Å². The van der Waals surface area contributed by atoms with Gasteiger partial charge in [-0.2, -0.15) is 4.31 Å². The summed E-state index contributed by atoms with van der Waals surface area (Å²) in [6.45, 7) is 3.65. The summed E-state index contributed by atoms with van der Waals surface area (Å²) in [7, 11) is -3.36. The average Bonchev–Trinajstić information content (AvgIpc) is 2.95. The van der Waals surface area contributed by atoms with Gasteiger partial charge in [0.25, 0.3) is 0 Å². The summed E-state index contributed by atoms with van der Waals surface area (Å²) in [5.74, 6) is 6.12. The van der Waals surface area contributed by atoms with Gasteiger partial charge in [-0.05, 0) is 36.6 Å². The molecule has 0 amide bonds. The zero-order chi connectivity index (χ0) is 14.6. The van der Waals surface area contributed by atoms with E-state index in [9.17, 15) is 8.42 Å². The molecule has 0 aliphatic carbocycles. The minimum absolute atomic E-state index is 0.298. The Bertz CT molecular complexity index is 612. The van der Waals surface area contributed by atoms with Crippen LogP contribution < -0.4 is 5.73 Å². The monoisotopic (exact) mass is 292 g/mol. The summed E-state index contributed by atoms with van der Waals surface area (Å²) < 4.78 is 26.6. The van der Waals surface area contributed by atoms with Crippen molar-refractivity contribution in [3.63, 3.8) is 0 Å².